The highest BCUT2D eigenvalue weighted by Gasteiger charge is 2.21. The first-order chi connectivity index (χ1) is 16.6. The number of nitrogens with zero attached hydrogens (tertiary/aromatic N) is 2. The van der Waals surface area contributed by atoms with E-state index < -0.39 is 0 Å². The van der Waals surface area contributed by atoms with Crippen molar-refractivity contribution in [2.24, 2.45) is 0 Å². The average molecular weight is 463 g/mol. The Hall–Kier alpha value is -3.52. The molecule has 8 nitrogen and oxygen atoms in total. The number of anilines is 2. The number of hydrogen-bond acceptors (Lipinski definition) is 7. The molecule has 2 heterocycles. The number of phenolic OH excluding ortho intramolecular Hbond substituents is 1. The maximum atomic E-state index is 11.7. The van der Waals surface area contributed by atoms with Gasteiger partial charge >= 0.3 is 0 Å². The van der Waals surface area contributed by atoms with Gasteiger partial charge in [-0.25, -0.2) is 4.98 Å². The van der Waals surface area contributed by atoms with Gasteiger partial charge in [-0.1, -0.05) is 18.2 Å². The van der Waals surface area contributed by atoms with Crippen LogP contribution >= 0.6 is 0 Å². The monoisotopic (exact) mass is 462 g/mol. The first kappa shape index (κ1) is 22.3. The Labute approximate surface area is 198 Å². The summed E-state index contributed by atoms with van der Waals surface area (Å²) in [5.41, 5.74) is 2.66. The van der Waals surface area contributed by atoms with Gasteiger partial charge in [-0.2, -0.15) is 0 Å². The maximum Gasteiger partial charge on any atom is 0.297 e. The van der Waals surface area contributed by atoms with E-state index in [2.05, 4.69) is 20.5 Å². The van der Waals surface area contributed by atoms with E-state index in [0.29, 0.717) is 34.3 Å². The van der Waals surface area contributed by atoms with Crippen molar-refractivity contribution in [3.05, 3.63) is 42.6 Å². The molecule has 0 radical (unpaired) electrons. The van der Waals surface area contributed by atoms with Crippen molar-refractivity contribution in [1.29, 1.82) is 0 Å². The van der Waals surface area contributed by atoms with Crippen LogP contribution in [0.1, 0.15) is 32.6 Å². The van der Waals surface area contributed by atoms with Gasteiger partial charge in [0.15, 0.2) is 5.76 Å². The number of amides is 1. The van der Waals surface area contributed by atoms with Gasteiger partial charge in [0.25, 0.3) is 6.01 Å². The zero-order chi connectivity index (χ0) is 23.5. The topological polar surface area (TPSA) is 99.9 Å². The van der Waals surface area contributed by atoms with Crippen molar-refractivity contribution in [3.8, 4) is 33.9 Å². The SMILES string of the molecule is CC(=O)Nc1ccc(-c2cccc(-c3cnc(N4CCNCC4)o3)c2O)cc1OC1CCCC1. The largest absolute Gasteiger partial charge is 0.507 e. The van der Waals surface area contributed by atoms with Gasteiger partial charge < -0.3 is 29.8 Å². The fraction of sp³-hybridized carbons (Fsp3) is 0.385. The molecule has 5 rings (SSSR count). The molecule has 2 aliphatic rings. The highest BCUT2D eigenvalue weighted by atomic mass is 16.5. The van der Waals surface area contributed by atoms with Crippen LogP contribution in [0.3, 0.4) is 0 Å². The van der Waals surface area contributed by atoms with Gasteiger partial charge in [-0.3, -0.25) is 4.79 Å². The number of oxazole rings is 1. The van der Waals surface area contributed by atoms with E-state index in [9.17, 15) is 9.90 Å². The van der Waals surface area contributed by atoms with Crippen LogP contribution in [0.25, 0.3) is 22.5 Å². The molecular formula is C26H30N4O4. The van der Waals surface area contributed by atoms with Crippen LogP contribution in [0, 0.1) is 0 Å². The van der Waals surface area contributed by atoms with Crippen LogP contribution in [-0.4, -0.2) is 48.3 Å². The van der Waals surface area contributed by atoms with Crippen LogP contribution in [-0.2, 0) is 4.79 Å². The number of aromatic nitrogens is 1. The fourth-order valence-corrected chi connectivity index (χ4v) is 4.63. The van der Waals surface area contributed by atoms with Crippen molar-refractivity contribution in [1.82, 2.24) is 10.3 Å². The molecule has 34 heavy (non-hydrogen) atoms. The summed E-state index contributed by atoms with van der Waals surface area (Å²) in [5.74, 6) is 1.10. The van der Waals surface area contributed by atoms with Crippen LogP contribution in [0.2, 0.25) is 0 Å². The normalized spacial score (nSPS) is 16.6. The summed E-state index contributed by atoms with van der Waals surface area (Å²) in [5, 5.41) is 17.4. The summed E-state index contributed by atoms with van der Waals surface area (Å²) >= 11 is 0. The lowest BCUT2D eigenvalue weighted by atomic mass is 9.99. The third kappa shape index (κ3) is 4.72. The molecule has 1 aliphatic carbocycles. The predicted octanol–water partition coefficient (Wildman–Crippen LogP) is 4.40. The minimum absolute atomic E-state index is 0.115. The molecular weight excluding hydrogens is 432 g/mol. The predicted molar refractivity (Wildman–Crippen MR) is 131 cm³/mol. The van der Waals surface area contributed by atoms with Crippen LogP contribution < -0.4 is 20.3 Å². The third-order valence-corrected chi connectivity index (χ3v) is 6.38. The Kier molecular flexibility index (Phi) is 6.40. The summed E-state index contributed by atoms with van der Waals surface area (Å²) in [6.45, 7) is 4.91. The quantitative estimate of drug-likeness (QED) is 0.499. The number of benzene rings is 2. The van der Waals surface area contributed by atoms with Crippen molar-refractivity contribution in [2.75, 3.05) is 36.4 Å². The number of nitrogens with one attached hydrogen (secondary N) is 2. The van der Waals surface area contributed by atoms with Crippen molar-refractivity contribution >= 4 is 17.6 Å². The molecule has 2 aromatic carbocycles. The Balaban J connectivity index is 1.46. The number of aromatic hydroxyl groups is 1. The van der Waals surface area contributed by atoms with Gasteiger partial charge in [0.1, 0.15) is 11.5 Å². The molecule has 178 valence electrons. The Morgan fingerprint density at radius 1 is 1.18 bits per heavy atom. The van der Waals surface area contributed by atoms with E-state index in [1.165, 1.54) is 6.92 Å². The van der Waals surface area contributed by atoms with E-state index in [1.54, 1.807) is 6.20 Å². The number of rotatable bonds is 6. The maximum absolute atomic E-state index is 11.7. The van der Waals surface area contributed by atoms with Gasteiger partial charge in [-0.15, -0.1) is 0 Å². The van der Waals surface area contributed by atoms with E-state index in [0.717, 1.165) is 57.4 Å². The minimum atomic E-state index is -0.153. The molecule has 3 aromatic rings. The van der Waals surface area contributed by atoms with Crippen molar-refractivity contribution < 1.29 is 19.1 Å². The molecule has 1 amide bonds. The molecule has 1 saturated heterocycles. The van der Waals surface area contributed by atoms with Crippen LogP contribution in [0.15, 0.2) is 47.0 Å². The highest BCUT2D eigenvalue weighted by Crippen LogP contribution is 2.41. The van der Waals surface area contributed by atoms with Gasteiger partial charge in [-0.05, 0) is 49.4 Å². The second kappa shape index (κ2) is 9.77. The average Bonchev–Trinajstić information content (AvgIpc) is 3.53. The smallest absolute Gasteiger partial charge is 0.297 e. The summed E-state index contributed by atoms with van der Waals surface area (Å²) < 4.78 is 12.3. The van der Waals surface area contributed by atoms with Crippen molar-refractivity contribution in [3.63, 3.8) is 0 Å². The van der Waals surface area contributed by atoms with Crippen molar-refractivity contribution in [2.45, 2.75) is 38.7 Å². The molecule has 0 bridgehead atoms. The first-order valence-corrected chi connectivity index (χ1v) is 11.9. The Morgan fingerprint density at radius 3 is 2.71 bits per heavy atom. The van der Waals surface area contributed by atoms with E-state index in [1.807, 2.05) is 36.4 Å². The second-order valence-electron chi connectivity index (χ2n) is 8.86. The lowest BCUT2D eigenvalue weighted by molar-refractivity contribution is -0.114. The summed E-state index contributed by atoms with van der Waals surface area (Å²) in [6, 6.07) is 11.7. The van der Waals surface area contributed by atoms with Crippen LogP contribution in [0.5, 0.6) is 11.5 Å². The molecule has 3 N–H and O–H groups in total. The summed E-state index contributed by atoms with van der Waals surface area (Å²) in [7, 11) is 0. The molecule has 0 spiro atoms. The summed E-state index contributed by atoms with van der Waals surface area (Å²) in [4.78, 5) is 18.2. The number of para-hydroxylation sites is 1. The number of piperazine rings is 1. The first-order valence-electron chi connectivity index (χ1n) is 11.9. The molecule has 8 heteroatoms. The third-order valence-electron chi connectivity index (χ3n) is 6.38. The molecule has 0 unspecified atom stereocenters. The number of carbonyl (C=O) groups excluding carboxylic acids is 1. The molecule has 2 fully saturated rings. The molecule has 0 atom stereocenters. The van der Waals surface area contributed by atoms with Gasteiger partial charge in [0.05, 0.1) is 23.6 Å². The summed E-state index contributed by atoms with van der Waals surface area (Å²) in [6.07, 6.45) is 6.10. The van der Waals surface area contributed by atoms with E-state index in [4.69, 9.17) is 9.15 Å². The fourth-order valence-electron chi connectivity index (χ4n) is 4.63. The minimum Gasteiger partial charge on any atom is -0.507 e. The van der Waals surface area contributed by atoms with Gasteiger partial charge in [0, 0.05) is 38.7 Å². The van der Waals surface area contributed by atoms with E-state index in [-0.39, 0.29) is 17.8 Å². The zero-order valence-electron chi connectivity index (χ0n) is 19.3. The Morgan fingerprint density at radius 2 is 1.94 bits per heavy atom. The Bertz CT molecular complexity index is 1160. The van der Waals surface area contributed by atoms with Crippen LogP contribution in [0.4, 0.5) is 11.7 Å². The lowest BCUT2D eigenvalue weighted by Gasteiger charge is -2.25. The van der Waals surface area contributed by atoms with Gasteiger partial charge in [0.2, 0.25) is 5.91 Å². The number of phenols is 1. The molecule has 1 aliphatic heterocycles. The second-order valence-corrected chi connectivity index (χ2v) is 8.86. The molecule has 1 saturated carbocycles. The number of ether oxygens (including phenoxy) is 1. The lowest BCUT2D eigenvalue weighted by Crippen LogP contribution is -2.43. The highest BCUT2D eigenvalue weighted by molar-refractivity contribution is 5.91. The standard InChI is InChI=1S/C26H30N4O4/c1-17(31)29-22-10-9-18(15-23(22)33-19-5-2-3-6-19)20-7-4-8-21(25(20)32)24-16-28-26(34-24)30-13-11-27-12-14-30/h4,7-10,15-16,19,27,32H,2-3,5-6,11-14H2,1H3,(H,29,31). The zero-order valence-corrected chi connectivity index (χ0v) is 19.3. The number of carbonyl (C=O) groups is 1. The van der Waals surface area contributed by atoms with E-state index >= 15 is 0 Å². The molecule has 1 aromatic heterocycles. The number of hydrogen-bond donors (Lipinski definition) is 3.